The first-order valence-corrected chi connectivity index (χ1v) is 30.4. The molecule has 0 amide bonds. The average molecular weight is 1190 g/mol. The number of anilines is 6. The van der Waals surface area contributed by atoms with Crippen molar-refractivity contribution in [1.82, 2.24) is 0 Å². The Hall–Kier alpha value is -12.0. The first-order valence-electron chi connectivity index (χ1n) is 35.4. The van der Waals surface area contributed by atoms with Crippen molar-refractivity contribution in [2.24, 2.45) is 0 Å². The van der Waals surface area contributed by atoms with Crippen molar-refractivity contribution < 1.29 is 22.5 Å². The van der Waals surface area contributed by atoms with Gasteiger partial charge in [-0.05, 0) is 149 Å². The van der Waals surface area contributed by atoms with Crippen LogP contribution in [0, 0.1) is 11.6 Å². The summed E-state index contributed by atoms with van der Waals surface area (Å²) in [5.41, 5.74) is 9.64. The van der Waals surface area contributed by atoms with Gasteiger partial charge in [-0.15, -0.1) is 0 Å². The number of benzene rings is 16. The lowest BCUT2D eigenvalue weighted by Crippen LogP contribution is -2.15. The molecule has 0 saturated carbocycles. The summed E-state index contributed by atoms with van der Waals surface area (Å²) in [5.74, 6) is -1.50. The molecule has 16 rings (SSSR count). The average Bonchev–Trinajstić information content (AvgIpc) is 0.712. The largest absolute Gasteiger partial charge is 0.307 e. The predicted octanol–water partition coefficient (Wildman–Crippen LogP) is 25.1. The molecule has 0 aliphatic rings. The van der Waals surface area contributed by atoms with Crippen molar-refractivity contribution >= 4 is 66.4 Å². The SMILES string of the molecule is [2H]c1c([2H])c([2H])c(N(c2c(-c3cccc(-c4ccccc4)c3)ccc(-c3cccc(-c4ccccc4)c3)c2F)c2ccc3ccc4c(N(c5c([2H])c([2H])c([2H])c([2H])c5[2H])c5c(-c6cccc(-c7ccccc7)c6)ccc(-c6cccc(-c7ccccc7)c6)c5F)ccc5ccc2c3c54)c([2H])c1[2H]. The first kappa shape index (κ1) is 45.3. The normalized spacial score (nSPS) is 12.9. The molecule has 0 aliphatic heterocycles. The Bertz CT molecular complexity index is 5570. The maximum atomic E-state index is 19.6. The van der Waals surface area contributed by atoms with Gasteiger partial charge in [0.2, 0.25) is 0 Å². The van der Waals surface area contributed by atoms with E-state index in [0.717, 1.165) is 44.5 Å². The minimum absolute atomic E-state index is 0.113. The number of halogens is 2. The van der Waals surface area contributed by atoms with Gasteiger partial charge in [-0.25, -0.2) is 8.78 Å². The fraction of sp³-hybridized carbons (Fsp3) is 0. The zero-order chi connectivity index (χ0) is 70.2. The van der Waals surface area contributed by atoms with Crippen LogP contribution in [0.5, 0.6) is 0 Å². The first-order chi connectivity index (χ1) is 49.6. The molecule has 0 bridgehead atoms. The van der Waals surface area contributed by atoms with Gasteiger partial charge in [-0.3, -0.25) is 0 Å². The second-order valence-corrected chi connectivity index (χ2v) is 22.6. The summed E-state index contributed by atoms with van der Waals surface area (Å²) < 4.78 is 133. The summed E-state index contributed by atoms with van der Waals surface area (Å²) in [6, 6.07) is 84.8. The molecule has 2 nitrogen and oxygen atoms in total. The minimum Gasteiger partial charge on any atom is -0.307 e. The van der Waals surface area contributed by atoms with Crippen LogP contribution in [0.1, 0.15) is 13.7 Å². The van der Waals surface area contributed by atoms with Gasteiger partial charge in [0, 0.05) is 44.4 Å². The smallest absolute Gasteiger partial charge is 0.155 e. The summed E-state index contributed by atoms with van der Waals surface area (Å²) in [4.78, 5) is 2.92. The molecule has 0 spiro atoms. The third kappa shape index (κ3) is 10.1. The van der Waals surface area contributed by atoms with Crippen LogP contribution in [0.4, 0.5) is 42.9 Å². The second-order valence-electron chi connectivity index (χ2n) is 22.6. The number of hydrogen-bond donors (Lipinski definition) is 0. The number of para-hydroxylation sites is 2. The fourth-order valence-electron chi connectivity index (χ4n) is 13.0. The lowest BCUT2D eigenvalue weighted by Gasteiger charge is -2.32. The standard InChI is InChI=1S/C88H58F2N2/c89-85-75(69-35-19-31-65(55-69)59-23-7-1-8-24-59)49-51-77(71-37-21-33-67(57-71)61-27-11-3-12-28-61)87(85)91(73-39-15-5-16-40-73)81-53-45-63-44-48-80-82(54-46-64-43-47-79(81)83(63)84(64)80)92(74-41-17-6-18-42-74)88-78(72-38-22-34-68(58-72)62-29-13-4-14-30-62)52-50-76(86(88)90)70-36-20-32-66(56-70)60-25-9-2-10-26-60/h1-58H/i5D,6D,15D,16D,17D,18D,39D,40D,41D,42D. The van der Waals surface area contributed by atoms with E-state index in [4.69, 9.17) is 2.74 Å². The van der Waals surface area contributed by atoms with Crippen LogP contribution in [0.15, 0.2) is 352 Å². The van der Waals surface area contributed by atoms with Gasteiger partial charge in [0.05, 0.1) is 36.5 Å². The van der Waals surface area contributed by atoms with E-state index >= 15 is 8.78 Å². The molecule has 16 aromatic carbocycles. The Balaban J connectivity index is 0.998. The number of nitrogens with zero attached hydrogens (tertiary/aromatic N) is 2. The summed E-state index contributed by atoms with van der Waals surface area (Å²) in [6.45, 7) is 0. The predicted molar refractivity (Wildman–Crippen MR) is 383 cm³/mol. The van der Waals surface area contributed by atoms with Crippen molar-refractivity contribution in [3.63, 3.8) is 0 Å². The molecule has 4 heteroatoms. The van der Waals surface area contributed by atoms with Crippen LogP contribution in [-0.4, -0.2) is 0 Å². The fourth-order valence-corrected chi connectivity index (χ4v) is 13.0. The zero-order valence-electron chi connectivity index (χ0n) is 59.4. The molecule has 0 aromatic heterocycles. The van der Waals surface area contributed by atoms with Crippen LogP contribution in [0.3, 0.4) is 0 Å². The zero-order valence-corrected chi connectivity index (χ0v) is 49.4. The molecule has 0 heterocycles. The number of hydrogen-bond acceptors (Lipinski definition) is 2. The molecule has 0 N–H and O–H groups in total. The topological polar surface area (TPSA) is 6.48 Å². The van der Waals surface area contributed by atoms with E-state index in [1.54, 1.807) is 24.3 Å². The number of rotatable bonds is 14. The van der Waals surface area contributed by atoms with E-state index in [2.05, 4.69) is 0 Å². The van der Waals surface area contributed by atoms with Crippen LogP contribution >= 0.6 is 0 Å². The molecule has 434 valence electrons. The van der Waals surface area contributed by atoms with E-state index in [9.17, 15) is 11.0 Å². The van der Waals surface area contributed by atoms with E-state index in [0.29, 0.717) is 65.7 Å². The Morgan fingerprint density at radius 1 is 0.239 bits per heavy atom. The molecular weight excluding hydrogens is 1120 g/mol. The molecular formula is C88H58F2N2. The van der Waals surface area contributed by atoms with Gasteiger partial charge in [-0.2, -0.15) is 0 Å². The summed E-state index contributed by atoms with van der Waals surface area (Å²) >= 11 is 0. The van der Waals surface area contributed by atoms with Crippen molar-refractivity contribution in [1.29, 1.82) is 0 Å². The Morgan fingerprint density at radius 2 is 0.511 bits per heavy atom. The quantitative estimate of drug-likeness (QED) is 0.100. The third-order valence-electron chi connectivity index (χ3n) is 17.3. The van der Waals surface area contributed by atoms with Gasteiger partial charge in [0.25, 0.3) is 0 Å². The van der Waals surface area contributed by atoms with Crippen LogP contribution in [-0.2, 0) is 0 Å². The second kappa shape index (κ2) is 23.8. The molecule has 0 saturated heterocycles. The molecule has 0 fully saturated rings. The highest BCUT2D eigenvalue weighted by Gasteiger charge is 2.30. The van der Waals surface area contributed by atoms with Gasteiger partial charge in [0.1, 0.15) is 0 Å². The summed E-state index contributed by atoms with van der Waals surface area (Å²) in [6.07, 6.45) is 0. The van der Waals surface area contributed by atoms with E-state index in [1.165, 1.54) is 9.80 Å². The van der Waals surface area contributed by atoms with Gasteiger partial charge >= 0.3 is 0 Å². The van der Waals surface area contributed by atoms with E-state index < -0.39 is 72.1 Å². The van der Waals surface area contributed by atoms with Crippen molar-refractivity contribution in [2.45, 2.75) is 0 Å². The maximum absolute atomic E-state index is 19.6. The molecule has 0 unspecified atom stereocenters. The van der Waals surface area contributed by atoms with Crippen LogP contribution < -0.4 is 9.80 Å². The summed E-state index contributed by atoms with van der Waals surface area (Å²) in [5, 5.41) is 3.40. The maximum Gasteiger partial charge on any atom is 0.155 e. The van der Waals surface area contributed by atoms with Crippen LogP contribution in [0.2, 0.25) is 0 Å². The van der Waals surface area contributed by atoms with E-state index in [-0.39, 0.29) is 45.3 Å². The molecule has 16 aromatic rings. The Labute approximate surface area is 548 Å². The minimum atomic E-state index is -0.752. The molecule has 0 radical (unpaired) electrons. The lowest BCUT2D eigenvalue weighted by molar-refractivity contribution is 0.632. The van der Waals surface area contributed by atoms with Gasteiger partial charge < -0.3 is 9.80 Å². The molecule has 0 aliphatic carbocycles. The molecule has 92 heavy (non-hydrogen) atoms. The highest BCUT2D eigenvalue weighted by molar-refractivity contribution is 6.28. The summed E-state index contributed by atoms with van der Waals surface area (Å²) in [7, 11) is 0. The lowest BCUT2D eigenvalue weighted by atomic mass is 9.90. The van der Waals surface area contributed by atoms with Crippen molar-refractivity contribution in [3.05, 3.63) is 363 Å². The third-order valence-corrected chi connectivity index (χ3v) is 17.3. The Kier molecular flexibility index (Phi) is 11.7. The van der Waals surface area contributed by atoms with Gasteiger partial charge in [-0.1, -0.05) is 291 Å². The van der Waals surface area contributed by atoms with Crippen LogP contribution in [0.25, 0.3) is 121 Å². The highest BCUT2D eigenvalue weighted by Crippen LogP contribution is 2.53. The molecule has 0 atom stereocenters. The Morgan fingerprint density at radius 3 is 0.837 bits per heavy atom. The van der Waals surface area contributed by atoms with Crippen molar-refractivity contribution in [3.8, 4) is 89.0 Å². The van der Waals surface area contributed by atoms with Gasteiger partial charge in [0.15, 0.2) is 11.6 Å². The van der Waals surface area contributed by atoms with E-state index in [1.807, 2.05) is 267 Å². The highest BCUT2D eigenvalue weighted by atomic mass is 19.1. The van der Waals surface area contributed by atoms with Crippen molar-refractivity contribution in [2.75, 3.05) is 9.80 Å². The monoisotopic (exact) mass is 1190 g/mol.